The lowest BCUT2D eigenvalue weighted by Gasteiger charge is -2.35. The first kappa shape index (κ1) is 13.5. The lowest BCUT2D eigenvalue weighted by atomic mass is 10.2. The minimum atomic E-state index is -3.52. The van der Waals surface area contributed by atoms with Gasteiger partial charge in [-0.1, -0.05) is 0 Å². The molecule has 1 aromatic carbocycles. The number of hydrogen-bond donors (Lipinski definition) is 1. The molecule has 2 atom stereocenters. The zero-order chi connectivity index (χ0) is 13.3. The molecule has 0 bridgehead atoms. The van der Waals surface area contributed by atoms with E-state index in [0.717, 1.165) is 0 Å². The van der Waals surface area contributed by atoms with Crippen molar-refractivity contribution in [2.24, 2.45) is 0 Å². The molecule has 0 radical (unpaired) electrons. The minimum absolute atomic E-state index is 0.115. The lowest BCUT2D eigenvalue weighted by Crippen LogP contribution is -2.55. The van der Waals surface area contributed by atoms with E-state index in [1.165, 1.54) is 28.6 Å². The van der Waals surface area contributed by atoms with Crippen molar-refractivity contribution in [3.05, 3.63) is 30.1 Å². The Hall–Kier alpha value is -0.980. The predicted molar refractivity (Wildman–Crippen MR) is 67.2 cm³/mol. The molecule has 4 nitrogen and oxygen atoms in total. The number of piperazine rings is 1. The highest BCUT2D eigenvalue weighted by Crippen LogP contribution is 2.18. The van der Waals surface area contributed by atoms with Crippen molar-refractivity contribution in [2.45, 2.75) is 30.8 Å². The SMILES string of the molecule is CC1CN(S(=O)(=O)c2ccc(F)cc2)CC(C)N1. The molecule has 0 amide bonds. The zero-order valence-electron chi connectivity index (χ0n) is 10.4. The molecule has 1 N–H and O–H groups in total. The third-order valence-corrected chi connectivity index (χ3v) is 4.82. The molecular weight excluding hydrogens is 255 g/mol. The molecule has 0 aliphatic carbocycles. The first-order valence-electron chi connectivity index (χ1n) is 5.91. The fourth-order valence-corrected chi connectivity index (χ4v) is 3.85. The molecule has 2 unspecified atom stereocenters. The van der Waals surface area contributed by atoms with E-state index in [1.54, 1.807) is 0 Å². The van der Waals surface area contributed by atoms with Gasteiger partial charge in [-0.15, -0.1) is 0 Å². The van der Waals surface area contributed by atoms with Gasteiger partial charge in [0.1, 0.15) is 5.82 Å². The van der Waals surface area contributed by atoms with Gasteiger partial charge in [0.2, 0.25) is 10.0 Å². The topological polar surface area (TPSA) is 49.4 Å². The fourth-order valence-electron chi connectivity index (χ4n) is 2.23. The Labute approximate surface area is 107 Å². The van der Waals surface area contributed by atoms with Crippen molar-refractivity contribution in [1.82, 2.24) is 9.62 Å². The number of sulfonamides is 1. The average molecular weight is 272 g/mol. The predicted octanol–water partition coefficient (Wildman–Crippen LogP) is 1.20. The van der Waals surface area contributed by atoms with Crippen LogP contribution in [0.4, 0.5) is 4.39 Å². The van der Waals surface area contributed by atoms with E-state index in [1.807, 2.05) is 13.8 Å². The molecular formula is C12H17FN2O2S. The third kappa shape index (κ3) is 2.71. The van der Waals surface area contributed by atoms with Crippen LogP contribution in [0.5, 0.6) is 0 Å². The molecule has 1 heterocycles. The van der Waals surface area contributed by atoms with Gasteiger partial charge in [-0.3, -0.25) is 0 Å². The van der Waals surface area contributed by atoms with Crippen LogP contribution < -0.4 is 5.32 Å². The Morgan fingerprint density at radius 3 is 2.17 bits per heavy atom. The van der Waals surface area contributed by atoms with Crippen LogP contribution in [0, 0.1) is 5.82 Å². The van der Waals surface area contributed by atoms with Gasteiger partial charge < -0.3 is 5.32 Å². The average Bonchev–Trinajstić information content (AvgIpc) is 2.28. The van der Waals surface area contributed by atoms with Crippen molar-refractivity contribution in [3.8, 4) is 0 Å². The van der Waals surface area contributed by atoms with Gasteiger partial charge >= 0.3 is 0 Å². The van der Waals surface area contributed by atoms with Crippen LogP contribution in [0.2, 0.25) is 0 Å². The Bertz CT molecular complexity index is 505. The van der Waals surface area contributed by atoms with Crippen LogP contribution in [-0.4, -0.2) is 37.9 Å². The van der Waals surface area contributed by atoms with Crippen molar-refractivity contribution in [1.29, 1.82) is 0 Å². The molecule has 0 spiro atoms. The molecule has 1 aliphatic rings. The third-order valence-electron chi connectivity index (χ3n) is 2.98. The van der Waals surface area contributed by atoms with Crippen LogP contribution >= 0.6 is 0 Å². The monoisotopic (exact) mass is 272 g/mol. The minimum Gasteiger partial charge on any atom is -0.309 e. The summed E-state index contributed by atoms with van der Waals surface area (Å²) in [6.45, 7) is 4.76. The molecule has 0 aromatic heterocycles. The van der Waals surface area contributed by atoms with Gasteiger partial charge in [-0.05, 0) is 38.1 Å². The molecule has 0 saturated carbocycles. The van der Waals surface area contributed by atoms with Crippen molar-refractivity contribution >= 4 is 10.0 Å². The number of nitrogens with one attached hydrogen (secondary N) is 1. The van der Waals surface area contributed by atoms with Crippen molar-refractivity contribution in [3.63, 3.8) is 0 Å². The number of nitrogens with zero attached hydrogens (tertiary/aromatic N) is 1. The Morgan fingerprint density at radius 2 is 1.67 bits per heavy atom. The number of rotatable bonds is 2. The summed E-state index contributed by atoms with van der Waals surface area (Å²) >= 11 is 0. The van der Waals surface area contributed by atoms with E-state index in [9.17, 15) is 12.8 Å². The Balaban J connectivity index is 2.28. The summed E-state index contributed by atoms with van der Waals surface area (Å²) < 4.78 is 39.0. The number of hydrogen-bond acceptors (Lipinski definition) is 3. The summed E-state index contributed by atoms with van der Waals surface area (Å²) in [4.78, 5) is 0.144. The van der Waals surface area contributed by atoms with Gasteiger partial charge in [0, 0.05) is 25.2 Å². The number of halogens is 1. The van der Waals surface area contributed by atoms with Gasteiger partial charge in [0.25, 0.3) is 0 Å². The first-order valence-corrected chi connectivity index (χ1v) is 7.35. The molecule has 6 heteroatoms. The second-order valence-corrected chi connectivity index (χ2v) is 6.68. The highest BCUT2D eigenvalue weighted by molar-refractivity contribution is 7.89. The zero-order valence-corrected chi connectivity index (χ0v) is 11.2. The van der Waals surface area contributed by atoms with E-state index in [-0.39, 0.29) is 17.0 Å². The van der Waals surface area contributed by atoms with E-state index < -0.39 is 15.8 Å². The van der Waals surface area contributed by atoms with E-state index >= 15 is 0 Å². The summed E-state index contributed by atoms with van der Waals surface area (Å²) in [6, 6.07) is 5.18. The van der Waals surface area contributed by atoms with Crippen molar-refractivity contribution < 1.29 is 12.8 Å². The number of benzene rings is 1. The highest BCUT2D eigenvalue weighted by atomic mass is 32.2. The van der Waals surface area contributed by atoms with Gasteiger partial charge in [-0.25, -0.2) is 12.8 Å². The van der Waals surface area contributed by atoms with Crippen molar-refractivity contribution in [2.75, 3.05) is 13.1 Å². The van der Waals surface area contributed by atoms with E-state index in [0.29, 0.717) is 13.1 Å². The normalized spacial score (nSPS) is 26.2. The molecule has 1 aromatic rings. The molecule has 1 fully saturated rings. The molecule has 2 rings (SSSR count). The van der Waals surface area contributed by atoms with Gasteiger partial charge in [0.05, 0.1) is 4.90 Å². The van der Waals surface area contributed by atoms with Crippen LogP contribution in [0.1, 0.15) is 13.8 Å². The van der Waals surface area contributed by atoms with Crippen LogP contribution in [0.25, 0.3) is 0 Å². The van der Waals surface area contributed by atoms with Crippen LogP contribution in [-0.2, 0) is 10.0 Å². The van der Waals surface area contributed by atoms with Gasteiger partial charge in [-0.2, -0.15) is 4.31 Å². The lowest BCUT2D eigenvalue weighted by molar-refractivity contribution is 0.263. The smallest absolute Gasteiger partial charge is 0.243 e. The van der Waals surface area contributed by atoms with E-state index in [4.69, 9.17) is 0 Å². The summed E-state index contributed by atoms with van der Waals surface area (Å²) in [5.74, 6) is -0.434. The van der Waals surface area contributed by atoms with E-state index in [2.05, 4.69) is 5.32 Å². The maximum atomic E-state index is 12.8. The molecule has 1 aliphatic heterocycles. The van der Waals surface area contributed by atoms with Gasteiger partial charge in [0.15, 0.2) is 0 Å². The highest BCUT2D eigenvalue weighted by Gasteiger charge is 2.31. The maximum Gasteiger partial charge on any atom is 0.243 e. The largest absolute Gasteiger partial charge is 0.309 e. The molecule has 1 saturated heterocycles. The maximum absolute atomic E-state index is 12.8. The second kappa shape index (κ2) is 4.95. The molecule has 100 valence electrons. The Morgan fingerprint density at radius 1 is 1.17 bits per heavy atom. The summed E-state index contributed by atoms with van der Waals surface area (Å²) in [7, 11) is -3.52. The fraction of sp³-hybridized carbons (Fsp3) is 0.500. The van der Waals surface area contributed by atoms with Crippen LogP contribution in [0.3, 0.4) is 0 Å². The standard InChI is InChI=1S/C12H17FN2O2S/c1-9-7-15(8-10(2)14-9)18(16,17)12-5-3-11(13)4-6-12/h3-6,9-10,14H,7-8H2,1-2H3. The summed E-state index contributed by atoms with van der Waals surface area (Å²) in [5, 5.41) is 3.28. The summed E-state index contributed by atoms with van der Waals surface area (Å²) in [6.07, 6.45) is 0. The first-order chi connectivity index (χ1) is 8.39. The Kier molecular flexibility index (Phi) is 3.70. The second-order valence-electron chi connectivity index (χ2n) is 4.74. The quantitative estimate of drug-likeness (QED) is 0.880. The summed E-state index contributed by atoms with van der Waals surface area (Å²) in [5.41, 5.74) is 0. The molecule has 18 heavy (non-hydrogen) atoms. The van der Waals surface area contributed by atoms with Crippen LogP contribution in [0.15, 0.2) is 29.2 Å².